The fraction of sp³-hybridized carbons (Fsp3) is 0.233. The zero-order valence-electron chi connectivity index (χ0n) is 20.8. The lowest BCUT2D eigenvalue weighted by atomic mass is 10.00. The van der Waals surface area contributed by atoms with Gasteiger partial charge in [-0.3, -0.25) is 4.79 Å². The van der Waals surface area contributed by atoms with E-state index in [2.05, 4.69) is 25.8 Å². The molecule has 35 heavy (non-hydrogen) atoms. The molecule has 0 N–H and O–H groups in total. The van der Waals surface area contributed by atoms with E-state index in [0.717, 1.165) is 16.7 Å². The standard InChI is InChI=1S/C30H34O5/c1-7-18-33-27-17-14-24(30(35-20-9-3)25(27)13-10-22(4)5)26(31)15-11-23-12-16-28(34-19-8-2)29(21-23)32-6/h7-12,14-17,21H,1-3,13,18-20H2,4-6H3/b15-11+. The van der Waals surface area contributed by atoms with Gasteiger partial charge < -0.3 is 18.9 Å². The summed E-state index contributed by atoms with van der Waals surface area (Å²) in [6.07, 6.45) is 10.9. The summed E-state index contributed by atoms with van der Waals surface area (Å²) in [5.41, 5.74) is 3.20. The summed E-state index contributed by atoms with van der Waals surface area (Å²) in [5, 5.41) is 0. The molecule has 5 heteroatoms. The van der Waals surface area contributed by atoms with Crippen molar-refractivity contribution in [2.75, 3.05) is 26.9 Å². The molecule has 0 heterocycles. The Bertz CT molecular complexity index is 1100. The molecular formula is C30H34O5. The van der Waals surface area contributed by atoms with E-state index < -0.39 is 0 Å². The van der Waals surface area contributed by atoms with E-state index in [1.165, 1.54) is 6.08 Å². The molecule has 0 unspecified atom stereocenters. The van der Waals surface area contributed by atoms with Crippen molar-refractivity contribution in [1.82, 2.24) is 0 Å². The molecular weight excluding hydrogens is 440 g/mol. The van der Waals surface area contributed by atoms with Crippen LogP contribution in [0.3, 0.4) is 0 Å². The Hall–Kier alpha value is -3.99. The highest BCUT2D eigenvalue weighted by Crippen LogP contribution is 2.35. The van der Waals surface area contributed by atoms with E-state index in [0.29, 0.717) is 48.2 Å². The van der Waals surface area contributed by atoms with Crippen LogP contribution in [0.4, 0.5) is 0 Å². The lowest BCUT2D eigenvalue weighted by Crippen LogP contribution is -2.08. The second-order valence-electron chi connectivity index (χ2n) is 7.81. The van der Waals surface area contributed by atoms with Gasteiger partial charge in [-0.1, -0.05) is 61.8 Å². The first-order chi connectivity index (χ1) is 16.9. The summed E-state index contributed by atoms with van der Waals surface area (Å²) in [7, 11) is 1.57. The summed E-state index contributed by atoms with van der Waals surface area (Å²) < 4.78 is 22.8. The van der Waals surface area contributed by atoms with Crippen LogP contribution in [0.5, 0.6) is 23.0 Å². The number of hydrogen-bond acceptors (Lipinski definition) is 5. The second kappa shape index (κ2) is 14.3. The molecule has 0 aliphatic carbocycles. The van der Waals surface area contributed by atoms with Crippen molar-refractivity contribution in [3.8, 4) is 23.0 Å². The van der Waals surface area contributed by atoms with Crippen LogP contribution in [-0.4, -0.2) is 32.7 Å². The fourth-order valence-electron chi connectivity index (χ4n) is 3.21. The third kappa shape index (κ3) is 8.07. The van der Waals surface area contributed by atoms with E-state index in [-0.39, 0.29) is 12.4 Å². The molecule has 0 atom stereocenters. The summed E-state index contributed by atoms with van der Waals surface area (Å²) in [4.78, 5) is 13.2. The Kier molecular flexibility index (Phi) is 11.1. The van der Waals surface area contributed by atoms with Crippen molar-refractivity contribution < 1.29 is 23.7 Å². The van der Waals surface area contributed by atoms with Crippen molar-refractivity contribution in [2.45, 2.75) is 20.3 Å². The van der Waals surface area contributed by atoms with E-state index in [1.807, 2.05) is 26.0 Å². The normalized spacial score (nSPS) is 10.4. The first kappa shape index (κ1) is 27.3. The van der Waals surface area contributed by atoms with E-state index in [9.17, 15) is 4.79 Å². The van der Waals surface area contributed by atoms with Gasteiger partial charge in [0.25, 0.3) is 0 Å². The monoisotopic (exact) mass is 474 g/mol. The van der Waals surface area contributed by atoms with Crippen molar-refractivity contribution in [3.63, 3.8) is 0 Å². The predicted molar refractivity (Wildman–Crippen MR) is 143 cm³/mol. The SMILES string of the molecule is C=CCOc1ccc(/C=C/C(=O)c2ccc(OCC=C)c(CC=C(C)C)c2OCC=C)cc1OC. The number of methoxy groups -OCH3 is 1. The molecule has 0 aliphatic rings. The van der Waals surface area contributed by atoms with Gasteiger partial charge in [-0.15, -0.1) is 0 Å². The number of rotatable bonds is 15. The number of hydrogen-bond donors (Lipinski definition) is 0. The topological polar surface area (TPSA) is 54.0 Å². The molecule has 2 aromatic rings. The van der Waals surface area contributed by atoms with Crippen molar-refractivity contribution >= 4 is 11.9 Å². The summed E-state index contributed by atoms with van der Waals surface area (Å²) in [6.45, 7) is 16.1. The molecule has 184 valence electrons. The summed E-state index contributed by atoms with van der Waals surface area (Å²) in [6, 6.07) is 8.99. The lowest BCUT2D eigenvalue weighted by molar-refractivity contribution is 0.104. The van der Waals surface area contributed by atoms with Crippen LogP contribution < -0.4 is 18.9 Å². The van der Waals surface area contributed by atoms with Crippen LogP contribution >= 0.6 is 0 Å². The van der Waals surface area contributed by atoms with Gasteiger partial charge in [0.1, 0.15) is 31.3 Å². The maximum Gasteiger partial charge on any atom is 0.189 e. The molecule has 0 saturated heterocycles. The van der Waals surface area contributed by atoms with Crippen molar-refractivity contribution in [3.05, 3.63) is 103 Å². The van der Waals surface area contributed by atoms with Gasteiger partial charge in [-0.2, -0.15) is 0 Å². The van der Waals surface area contributed by atoms with Gasteiger partial charge in [0.2, 0.25) is 0 Å². The molecule has 2 rings (SSSR count). The minimum Gasteiger partial charge on any atom is -0.493 e. The highest BCUT2D eigenvalue weighted by Gasteiger charge is 2.19. The van der Waals surface area contributed by atoms with Gasteiger partial charge >= 0.3 is 0 Å². The highest BCUT2D eigenvalue weighted by atomic mass is 16.5. The number of ketones is 1. The zero-order valence-corrected chi connectivity index (χ0v) is 20.8. The maximum absolute atomic E-state index is 13.2. The molecule has 0 saturated carbocycles. The quantitative estimate of drug-likeness (QED) is 0.161. The van der Waals surface area contributed by atoms with Gasteiger partial charge in [0, 0.05) is 5.56 Å². The smallest absolute Gasteiger partial charge is 0.189 e. The highest BCUT2D eigenvalue weighted by molar-refractivity contribution is 6.09. The fourth-order valence-corrected chi connectivity index (χ4v) is 3.21. The number of ether oxygens (including phenoxy) is 4. The molecule has 0 aliphatic heterocycles. The van der Waals surface area contributed by atoms with Gasteiger partial charge in [0.05, 0.1) is 12.7 Å². The minimum atomic E-state index is -0.191. The largest absolute Gasteiger partial charge is 0.493 e. The van der Waals surface area contributed by atoms with Crippen molar-refractivity contribution in [2.24, 2.45) is 0 Å². The van der Waals surface area contributed by atoms with Crippen LogP contribution in [0.15, 0.2) is 86.0 Å². The molecule has 0 radical (unpaired) electrons. The Morgan fingerprint density at radius 2 is 1.49 bits per heavy atom. The minimum absolute atomic E-state index is 0.191. The van der Waals surface area contributed by atoms with E-state index in [4.69, 9.17) is 18.9 Å². The molecule has 0 amide bonds. The third-order valence-electron chi connectivity index (χ3n) is 4.87. The van der Waals surface area contributed by atoms with E-state index in [1.54, 1.807) is 49.6 Å². The maximum atomic E-state index is 13.2. The van der Waals surface area contributed by atoms with Crippen molar-refractivity contribution in [1.29, 1.82) is 0 Å². The molecule has 0 aromatic heterocycles. The Labute approximate surface area is 208 Å². The average molecular weight is 475 g/mol. The van der Waals surface area contributed by atoms with Crippen LogP contribution in [0.25, 0.3) is 6.08 Å². The molecule has 0 fully saturated rings. The van der Waals surface area contributed by atoms with Crippen LogP contribution in [0.2, 0.25) is 0 Å². The first-order valence-electron chi connectivity index (χ1n) is 11.4. The molecule has 5 nitrogen and oxygen atoms in total. The Balaban J connectivity index is 2.44. The third-order valence-corrected chi connectivity index (χ3v) is 4.87. The van der Waals surface area contributed by atoms with Crippen LogP contribution in [-0.2, 0) is 6.42 Å². The predicted octanol–water partition coefficient (Wildman–Crippen LogP) is 6.79. The second-order valence-corrected chi connectivity index (χ2v) is 7.81. The van der Waals surface area contributed by atoms with Gasteiger partial charge in [-0.05, 0) is 56.2 Å². The lowest BCUT2D eigenvalue weighted by Gasteiger charge is -2.17. The number of benzene rings is 2. The van der Waals surface area contributed by atoms with Crippen LogP contribution in [0.1, 0.15) is 35.3 Å². The van der Waals surface area contributed by atoms with Gasteiger partial charge in [-0.25, -0.2) is 0 Å². The number of carbonyl (C=O) groups excluding carboxylic acids is 1. The van der Waals surface area contributed by atoms with E-state index >= 15 is 0 Å². The summed E-state index contributed by atoms with van der Waals surface area (Å²) in [5.74, 6) is 2.13. The summed E-state index contributed by atoms with van der Waals surface area (Å²) >= 11 is 0. The van der Waals surface area contributed by atoms with Crippen LogP contribution in [0, 0.1) is 0 Å². The average Bonchev–Trinajstić information content (AvgIpc) is 2.86. The first-order valence-corrected chi connectivity index (χ1v) is 11.4. The molecule has 2 aromatic carbocycles. The Morgan fingerprint density at radius 3 is 2.11 bits per heavy atom. The molecule has 0 bridgehead atoms. The Morgan fingerprint density at radius 1 is 0.857 bits per heavy atom. The number of allylic oxidation sites excluding steroid dienone is 3. The molecule has 0 spiro atoms. The zero-order chi connectivity index (χ0) is 25.6. The van der Waals surface area contributed by atoms with Gasteiger partial charge in [0.15, 0.2) is 17.3 Å². The number of carbonyl (C=O) groups is 1.